The predicted octanol–water partition coefficient (Wildman–Crippen LogP) is 2.37. The quantitative estimate of drug-likeness (QED) is 0.813. The Morgan fingerprint density at radius 1 is 1.32 bits per heavy atom. The molecule has 0 fully saturated rings. The van der Waals surface area contributed by atoms with E-state index in [1.54, 1.807) is 4.90 Å². The maximum absolute atomic E-state index is 12.0. The monoisotopic (exact) mass is 278 g/mol. The number of rotatable bonds is 6. The number of benzene rings is 1. The number of hydrogen-bond donors (Lipinski definition) is 1. The lowest BCUT2D eigenvalue weighted by Crippen LogP contribution is -2.29. The van der Waals surface area contributed by atoms with E-state index in [0.29, 0.717) is 17.3 Å². The summed E-state index contributed by atoms with van der Waals surface area (Å²) in [6.07, 6.45) is 1.45. The van der Waals surface area contributed by atoms with Gasteiger partial charge in [-0.3, -0.25) is 4.79 Å². The minimum absolute atomic E-state index is 0.142. The van der Waals surface area contributed by atoms with Crippen molar-refractivity contribution in [2.24, 2.45) is 11.7 Å². The maximum Gasteiger partial charge on any atom is 0.226 e. The highest BCUT2D eigenvalue weighted by Gasteiger charge is 2.10. The highest BCUT2D eigenvalue weighted by atomic mass is 32.1. The Hall–Kier alpha value is -1.42. The third kappa shape index (κ3) is 5.39. The number of carbonyl (C=O) groups is 1. The third-order valence-electron chi connectivity index (χ3n) is 3.06. The van der Waals surface area contributed by atoms with Gasteiger partial charge >= 0.3 is 0 Å². The highest BCUT2D eigenvalue weighted by Crippen LogP contribution is 2.07. The first-order valence-corrected chi connectivity index (χ1v) is 6.93. The third-order valence-corrected chi connectivity index (χ3v) is 3.30. The summed E-state index contributed by atoms with van der Waals surface area (Å²) in [7, 11) is 1.86. The Bertz CT molecular complexity index is 440. The van der Waals surface area contributed by atoms with Crippen molar-refractivity contribution in [1.29, 1.82) is 0 Å². The SMILES string of the molecule is CC(C)CCN(C)C(=O)Cc1ccc(C(N)=S)cc1. The summed E-state index contributed by atoms with van der Waals surface area (Å²) in [4.78, 5) is 14.2. The van der Waals surface area contributed by atoms with Crippen LogP contribution in [0.5, 0.6) is 0 Å². The number of nitrogens with zero attached hydrogens (tertiary/aromatic N) is 1. The molecule has 19 heavy (non-hydrogen) atoms. The standard InChI is InChI=1S/C15H22N2OS/c1-11(2)8-9-17(3)14(18)10-12-4-6-13(7-5-12)15(16)19/h4-7,11H,8-10H2,1-3H3,(H2,16,19). The van der Waals surface area contributed by atoms with Crippen molar-refractivity contribution in [3.8, 4) is 0 Å². The molecule has 0 aromatic heterocycles. The van der Waals surface area contributed by atoms with Crippen LogP contribution >= 0.6 is 12.2 Å². The lowest BCUT2D eigenvalue weighted by atomic mass is 10.1. The smallest absolute Gasteiger partial charge is 0.226 e. The molecule has 0 atom stereocenters. The van der Waals surface area contributed by atoms with Crippen molar-refractivity contribution < 1.29 is 4.79 Å². The zero-order valence-corrected chi connectivity index (χ0v) is 12.7. The van der Waals surface area contributed by atoms with E-state index in [1.165, 1.54) is 0 Å². The Labute approximate surface area is 120 Å². The van der Waals surface area contributed by atoms with Gasteiger partial charge in [-0.15, -0.1) is 0 Å². The van der Waals surface area contributed by atoms with Gasteiger partial charge in [-0.05, 0) is 17.9 Å². The van der Waals surface area contributed by atoms with Crippen LogP contribution in [0.2, 0.25) is 0 Å². The maximum atomic E-state index is 12.0. The lowest BCUT2D eigenvalue weighted by molar-refractivity contribution is -0.129. The number of hydrogen-bond acceptors (Lipinski definition) is 2. The van der Waals surface area contributed by atoms with Gasteiger partial charge in [-0.2, -0.15) is 0 Å². The second-order valence-corrected chi connectivity index (χ2v) is 5.68. The molecule has 0 spiro atoms. The molecular weight excluding hydrogens is 256 g/mol. The van der Waals surface area contributed by atoms with Gasteiger partial charge in [-0.1, -0.05) is 50.3 Å². The lowest BCUT2D eigenvalue weighted by Gasteiger charge is -2.18. The van der Waals surface area contributed by atoms with E-state index in [1.807, 2.05) is 31.3 Å². The summed E-state index contributed by atoms with van der Waals surface area (Å²) >= 11 is 4.90. The van der Waals surface area contributed by atoms with Crippen LogP contribution in [0.15, 0.2) is 24.3 Å². The van der Waals surface area contributed by atoms with Gasteiger partial charge in [-0.25, -0.2) is 0 Å². The average molecular weight is 278 g/mol. The van der Waals surface area contributed by atoms with E-state index in [0.717, 1.165) is 24.1 Å². The molecule has 0 unspecified atom stereocenters. The predicted molar refractivity (Wildman–Crippen MR) is 83.1 cm³/mol. The summed E-state index contributed by atoms with van der Waals surface area (Å²) in [6, 6.07) is 7.53. The van der Waals surface area contributed by atoms with Crippen molar-refractivity contribution in [2.75, 3.05) is 13.6 Å². The average Bonchev–Trinajstić information content (AvgIpc) is 2.36. The molecule has 1 rings (SSSR count). The minimum atomic E-state index is 0.142. The summed E-state index contributed by atoms with van der Waals surface area (Å²) in [6.45, 7) is 5.13. The molecule has 3 nitrogen and oxygen atoms in total. The first kappa shape index (κ1) is 15.6. The Balaban J connectivity index is 2.54. The van der Waals surface area contributed by atoms with Crippen LogP contribution in [0, 0.1) is 5.92 Å². The van der Waals surface area contributed by atoms with Crippen molar-refractivity contribution in [3.63, 3.8) is 0 Å². The first-order valence-electron chi connectivity index (χ1n) is 6.53. The fourth-order valence-electron chi connectivity index (χ4n) is 1.67. The second-order valence-electron chi connectivity index (χ2n) is 5.24. The minimum Gasteiger partial charge on any atom is -0.389 e. The van der Waals surface area contributed by atoms with Gasteiger partial charge < -0.3 is 10.6 Å². The van der Waals surface area contributed by atoms with Crippen LogP contribution in [0.3, 0.4) is 0 Å². The van der Waals surface area contributed by atoms with Crippen LogP contribution in [0.4, 0.5) is 0 Å². The van der Waals surface area contributed by atoms with E-state index in [4.69, 9.17) is 18.0 Å². The molecule has 0 aliphatic heterocycles. The largest absolute Gasteiger partial charge is 0.389 e. The first-order chi connectivity index (χ1) is 8.90. The normalized spacial score (nSPS) is 10.5. The molecule has 1 aromatic rings. The zero-order valence-electron chi connectivity index (χ0n) is 11.8. The van der Waals surface area contributed by atoms with E-state index in [-0.39, 0.29) is 5.91 Å². The van der Waals surface area contributed by atoms with Crippen LogP contribution in [-0.4, -0.2) is 29.4 Å². The van der Waals surface area contributed by atoms with E-state index < -0.39 is 0 Å². The van der Waals surface area contributed by atoms with Gasteiger partial charge in [0, 0.05) is 19.2 Å². The molecule has 4 heteroatoms. The molecular formula is C15H22N2OS. The fourth-order valence-corrected chi connectivity index (χ4v) is 1.81. The van der Waals surface area contributed by atoms with E-state index in [9.17, 15) is 4.79 Å². The summed E-state index contributed by atoms with van der Waals surface area (Å²) < 4.78 is 0. The summed E-state index contributed by atoms with van der Waals surface area (Å²) in [5, 5.41) is 0. The van der Waals surface area contributed by atoms with Crippen LogP contribution in [0.25, 0.3) is 0 Å². The molecule has 1 aromatic carbocycles. The Morgan fingerprint density at radius 2 is 1.89 bits per heavy atom. The molecule has 0 saturated heterocycles. The Kier molecular flexibility index (Phi) is 5.96. The Morgan fingerprint density at radius 3 is 2.37 bits per heavy atom. The summed E-state index contributed by atoms with van der Waals surface area (Å²) in [5.41, 5.74) is 7.36. The number of amides is 1. The molecule has 0 radical (unpaired) electrons. The van der Waals surface area contributed by atoms with Crippen molar-refractivity contribution in [1.82, 2.24) is 4.90 Å². The molecule has 0 heterocycles. The molecule has 0 bridgehead atoms. The molecule has 0 aliphatic rings. The van der Waals surface area contributed by atoms with Gasteiger partial charge in [0.05, 0.1) is 6.42 Å². The molecule has 0 saturated carbocycles. The molecule has 104 valence electrons. The number of thiocarbonyl (C=S) groups is 1. The fraction of sp³-hybridized carbons (Fsp3) is 0.467. The van der Waals surface area contributed by atoms with Crippen LogP contribution < -0.4 is 5.73 Å². The van der Waals surface area contributed by atoms with Crippen molar-refractivity contribution >= 4 is 23.1 Å². The van der Waals surface area contributed by atoms with E-state index in [2.05, 4.69) is 13.8 Å². The van der Waals surface area contributed by atoms with Crippen LogP contribution in [-0.2, 0) is 11.2 Å². The molecule has 0 aliphatic carbocycles. The van der Waals surface area contributed by atoms with Gasteiger partial charge in [0.15, 0.2) is 0 Å². The summed E-state index contributed by atoms with van der Waals surface area (Å²) in [5.74, 6) is 0.754. The topological polar surface area (TPSA) is 46.3 Å². The van der Waals surface area contributed by atoms with Crippen molar-refractivity contribution in [2.45, 2.75) is 26.7 Å². The van der Waals surface area contributed by atoms with Gasteiger partial charge in [0.25, 0.3) is 0 Å². The van der Waals surface area contributed by atoms with E-state index >= 15 is 0 Å². The number of carbonyl (C=O) groups excluding carboxylic acids is 1. The number of likely N-dealkylation sites (N-methyl/N-ethyl adjacent to an activating group) is 1. The van der Waals surface area contributed by atoms with Gasteiger partial charge in [0.1, 0.15) is 4.99 Å². The molecule has 1 amide bonds. The second kappa shape index (κ2) is 7.24. The van der Waals surface area contributed by atoms with Gasteiger partial charge in [0.2, 0.25) is 5.91 Å². The zero-order chi connectivity index (χ0) is 14.4. The number of nitrogens with two attached hydrogens (primary N) is 1. The molecule has 2 N–H and O–H groups in total. The van der Waals surface area contributed by atoms with Crippen molar-refractivity contribution in [3.05, 3.63) is 35.4 Å². The van der Waals surface area contributed by atoms with Crippen LogP contribution in [0.1, 0.15) is 31.4 Å². The highest BCUT2D eigenvalue weighted by molar-refractivity contribution is 7.80.